The van der Waals surface area contributed by atoms with Crippen LogP contribution in [0.5, 0.6) is 0 Å². The molecule has 2 aromatic heterocycles. The third-order valence-corrected chi connectivity index (χ3v) is 5.03. The Kier molecular flexibility index (Phi) is 5.57. The van der Waals surface area contributed by atoms with Crippen molar-refractivity contribution in [1.29, 1.82) is 0 Å². The van der Waals surface area contributed by atoms with Crippen LogP contribution in [0.15, 0.2) is 47.5 Å². The normalized spacial score (nSPS) is 14.3. The Morgan fingerprint density at radius 3 is 2.69 bits per heavy atom. The molecule has 3 aromatic rings. The molecule has 1 amide bonds. The highest BCUT2D eigenvalue weighted by atomic mass is 16.5. The van der Waals surface area contributed by atoms with Gasteiger partial charge in [-0.05, 0) is 12.5 Å². The standard InChI is InChI=1S/C20H24N6O3/c1-2-23(14-16-6-4-3-5-7-16)17(27)15-26-20(28)25-9-8-21-18(19(25)22-26)24-10-12-29-13-11-24/h3-9H,2,10-15H2,1H3. The summed E-state index contributed by atoms with van der Waals surface area (Å²) in [7, 11) is 0. The molecule has 1 saturated heterocycles. The summed E-state index contributed by atoms with van der Waals surface area (Å²) in [6, 6.07) is 9.79. The van der Waals surface area contributed by atoms with Gasteiger partial charge in [0.2, 0.25) is 11.6 Å². The summed E-state index contributed by atoms with van der Waals surface area (Å²) < 4.78 is 8.05. The fourth-order valence-electron chi connectivity index (χ4n) is 3.44. The molecule has 9 heteroatoms. The van der Waals surface area contributed by atoms with E-state index in [4.69, 9.17) is 4.74 Å². The van der Waals surface area contributed by atoms with E-state index in [1.807, 2.05) is 42.2 Å². The van der Waals surface area contributed by atoms with Crippen LogP contribution in [0.2, 0.25) is 0 Å². The van der Waals surface area contributed by atoms with Gasteiger partial charge in [0.25, 0.3) is 0 Å². The molecule has 1 aromatic carbocycles. The molecular weight excluding hydrogens is 372 g/mol. The zero-order valence-corrected chi connectivity index (χ0v) is 16.4. The predicted octanol–water partition coefficient (Wildman–Crippen LogP) is 0.776. The number of likely N-dealkylation sites (N-methyl/N-ethyl adjacent to an activating group) is 1. The minimum atomic E-state index is -0.346. The van der Waals surface area contributed by atoms with Crippen molar-refractivity contribution in [3.8, 4) is 0 Å². The molecule has 0 bridgehead atoms. The summed E-state index contributed by atoms with van der Waals surface area (Å²) in [6.45, 7) is 5.46. The first-order chi connectivity index (χ1) is 14.2. The third-order valence-electron chi connectivity index (χ3n) is 5.03. The van der Waals surface area contributed by atoms with Gasteiger partial charge in [-0.1, -0.05) is 30.3 Å². The van der Waals surface area contributed by atoms with E-state index in [1.54, 1.807) is 17.3 Å². The Labute approximate surface area is 168 Å². The molecule has 0 radical (unpaired) electrons. The van der Waals surface area contributed by atoms with Gasteiger partial charge in [-0.15, -0.1) is 5.10 Å². The summed E-state index contributed by atoms with van der Waals surface area (Å²) in [5.41, 5.74) is 1.16. The van der Waals surface area contributed by atoms with Crippen molar-refractivity contribution in [2.75, 3.05) is 37.7 Å². The van der Waals surface area contributed by atoms with Gasteiger partial charge >= 0.3 is 5.69 Å². The van der Waals surface area contributed by atoms with Crippen LogP contribution in [0.1, 0.15) is 12.5 Å². The highest BCUT2D eigenvalue weighted by Crippen LogP contribution is 2.16. The van der Waals surface area contributed by atoms with Crippen LogP contribution in [0.3, 0.4) is 0 Å². The lowest BCUT2D eigenvalue weighted by atomic mass is 10.2. The smallest absolute Gasteiger partial charge is 0.350 e. The number of carbonyl (C=O) groups excluding carboxylic acids is 1. The highest BCUT2D eigenvalue weighted by Gasteiger charge is 2.21. The van der Waals surface area contributed by atoms with Crippen molar-refractivity contribution in [1.82, 2.24) is 24.1 Å². The molecule has 0 saturated carbocycles. The zero-order valence-electron chi connectivity index (χ0n) is 16.4. The molecule has 0 spiro atoms. The van der Waals surface area contributed by atoms with Crippen LogP contribution in [0.4, 0.5) is 5.82 Å². The Hall–Kier alpha value is -3.20. The van der Waals surface area contributed by atoms with Crippen LogP contribution < -0.4 is 10.6 Å². The van der Waals surface area contributed by atoms with E-state index < -0.39 is 0 Å². The molecule has 0 unspecified atom stereocenters. The van der Waals surface area contributed by atoms with Gasteiger partial charge in [0.1, 0.15) is 6.54 Å². The van der Waals surface area contributed by atoms with E-state index in [1.165, 1.54) is 9.08 Å². The number of benzene rings is 1. The molecular formula is C20H24N6O3. The summed E-state index contributed by atoms with van der Waals surface area (Å²) in [4.78, 5) is 33.8. The van der Waals surface area contributed by atoms with Crippen LogP contribution in [-0.2, 0) is 22.6 Å². The molecule has 1 aliphatic rings. The minimum absolute atomic E-state index is 0.107. The van der Waals surface area contributed by atoms with E-state index in [0.29, 0.717) is 50.9 Å². The van der Waals surface area contributed by atoms with E-state index in [9.17, 15) is 9.59 Å². The summed E-state index contributed by atoms with van der Waals surface area (Å²) >= 11 is 0. The first-order valence-electron chi connectivity index (χ1n) is 9.76. The molecule has 29 heavy (non-hydrogen) atoms. The van der Waals surface area contributed by atoms with Gasteiger partial charge in [-0.25, -0.2) is 18.9 Å². The van der Waals surface area contributed by atoms with Crippen LogP contribution in [0, 0.1) is 0 Å². The molecule has 0 N–H and O–H groups in total. The number of hydrogen-bond donors (Lipinski definition) is 0. The van der Waals surface area contributed by atoms with Gasteiger partial charge in [0.05, 0.1) is 13.2 Å². The summed E-state index contributed by atoms with van der Waals surface area (Å²) in [5, 5.41) is 4.43. The molecule has 0 aliphatic carbocycles. The SMILES string of the molecule is CCN(Cc1ccccc1)C(=O)Cn1nc2c(N3CCOCC3)nccn2c1=O. The van der Waals surface area contributed by atoms with Crippen molar-refractivity contribution >= 4 is 17.4 Å². The monoisotopic (exact) mass is 396 g/mol. The maximum Gasteiger partial charge on any atom is 0.350 e. The fraction of sp³-hybridized carbons (Fsp3) is 0.400. The van der Waals surface area contributed by atoms with Crippen molar-refractivity contribution in [2.24, 2.45) is 0 Å². The van der Waals surface area contributed by atoms with E-state index in [-0.39, 0.29) is 18.1 Å². The number of anilines is 1. The quantitative estimate of drug-likeness (QED) is 0.612. The summed E-state index contributed by atoms with van der Waals surface area (Å²) in [6.07, 6.45) is 3.16. The number of nitrogens with zero attached hydrogens (tertiary/aromatic N) is 6. The predicted molar refractivity (Wildman–Crippen MR) is 108 cm³/mol. The molecule has 0 atom stereocenters. The number of fused-ring (bicyclic) bond motifs is 1. The van der Waals surface area contributed by atoms with E-state index in [0.717, 1.165) is 5.56 Å². The maximum atomic E-state index is 12.8. The lowest BCUT2D eigenvalue weighted by molar-refractivity contribution is -0.132. The maximum absolute atomic E-state index is 12.8. The first kappa shape index (κ1) is 19.1. The Morgan fingerprint density at radius 1 is 1.21 bits per heavy atom. The Morgan fingerprint density at radius 2 is 1.97 bits per heavy atom. The average Bonchev–Trinajstić information content (AvgIpc) is 3.08. The lowest BCUT2D eigenvalue weighted by Crippen LogP contribution is -2.37. The number of rotatable bonds is 6. The van der Waals surface area contributed by atoms with Gasteiger partial charge in [-0.3, -0.25) is 4.79 Å². The highest BCUT2D eigenvalue weighted by molar-refractivity contribution is 5.76. The Balaban J connectivity index is 1.58. The fourth-order valence-corrected chi connectivity index (χ4v) is 3.44. The second-order valence-electron chi connectivity index (χ2n) is 6.88. The topological polar surface area (TPSA) is 85.0 Å². The molecule has 4 rings (SSSR count). The zero-order chi connectivity index (χ0) is 20.2. The number of hydrogen-bond acceptors (Lipinski definition) is 6. The van der Waals surface area contributed by atoms with Crippen LogP contribution in [0.25, 0.3) is 5.65 Å². The van der Waals surface area contributed by atoms with Crippen LogP contribution >= 0.6 is 0 Å². The number of ether oxygens (including phenoxy) is 1. The first-order valence-corrected chi connectivity index (χ1v) is 9.76. The molecule has 9 nitrogen and oxygen atoms in total. The second-order valence-corrected chi connectivity index (χ2v) is 6.88. The van der Waals surface area contributed by atoms with Crippen molar-refractivity contribution < 1.29 is 9.53 Å². The average molecular weight is 396 g/mol. The Bertz CT molecular complexity index is 1040. The van der Waals surface area contributed by atoms with Crippen molar-refractivity contribution in [3.63, 3.8) is 0 Å². The molecule has 1 aliphatic heterocycles. The molecule has 152 valence electrons. The van der Waals surface area contributed by atoms with Gasteiger partial charge in [0, 0.05) is 38.6 Å². The minimum Gasteiger partial charge on any atom is -0.378 e. The largest absolute Gasteiger partial charge is 0.378 e. The number of amides is 1. The molecule has 1 fully saturated rings. The van der Waals surface area contributed by atoms with Gasteiger partial charge in [0.15, 0.2) is 5.82 Å². The van der Waals surface area contributed by atoms with Gasteiger partial charge < -0.3 is 14.5 Å². The number of carbonyl (C=O) groups is 1. The van der Waals surface area contributed by atoms with Crippen molar-refractivity contribution in [2.45, 2.75) is 20.0 Å². The third kappa shape index (κ3) is 4.00. The van der Waals surface area contributed by atoms with Crippen LogP contribution in [-0.4, -0.2) is 62.8 Å². The molecule has 3 heterocycles. The van der Waals surface area contributed by atoms with E-state index >= 15 is 0 Å². The number of morpholine rings is 1. The summed E-state index contributed by atoms with van der Waals surface area (Å²) in [5.74, 6) is 0.485. The lowest BCUT2D eigenvalue weighted by Gasteiger charge is -2.27. The second kappa shape index (κ2) is 8.44. The van der Waals surface area contributed by atoms with E-state index in [2.05, 4.69) is 10.1 Å². The van der Waals surface area contributed by atoms with Crippen molar-refractivity contribution in [3.05, 3.63) is 58.8 Å². The van der Waals surface area contributed by atoms with Gasteiger partial charge in [-0.2, -0.15) is 0 Å². The number of aromatic nitrogens is 4.